The second kappa shape index (κ2) is 3.90. The lowest BCUT2D eigenvalue weighted by atomic mass is 10.0. The Morgan fingerprint density at radius 3 is 2.67 bits per heavy atom. The molecule has 0 aromatic rings. The van der Waals surface area contributed by atoms with E-state index in [1.54, 1.807) is 0 Å². The van der Waals surface area contributed by atoms with Gasteiger partial charge in [-0.05, 0) is 31.2 Å². The second-order valence-corrected chi connectivity index (χ2v) is 3.67. The van der Waals surface area contributed by atoms with Gasteiger partial charge in [0.25, 0.3) is 0 Å². The van der Waals surface area contributed by atoms with Crippen molar-refractivity contribution in [3.05, 3.63) is 0 Å². The maximum Gasteiger partial charge on any atom is 0.219 e. The van der Waals surface area contributed by atoms with Crippen molar-refractivity contribution in [3.63, 3.8) is 0 Å². The topological polar surface area (TPSA) is 55.1 Å². The third kappa shape index (κ3) is 2.48. The van der Waals surface area contributed by atoms with E-state index in [0.717, 1.165) is 19.5 Å². The van der Waals surface area contributed by atoms with Crippen LogP contribution in [0, 0.1) is 5.41 Å². The molecule has 0 bridgehead atoms. The van der Waals surface area contributed by atoms with Gasteiger partial charge < -0.3 is 11.1 Å². The lowest BCUT2D eigenvalue weighted by Gasteiger charge is -2.13. The molecule has 0 unspecified atom stereocenters. The standard InChI is InChI=1S/C9H18N2O/c1-2-8(12)11-7-9(3-4-9)5-6-10/h2-7,10H2,1H3,(H,11,12). The number of nitrogens with one attached hydrogen (secondary N) is 1. The molecule has 70 valence electrons. The molecule has 1 saturated carbocycles. The average molecular weight is 170 g/mol. The molecule has 0 radical (unpaired) electrons. The Bertz CT molecular complexity index is 164. The first-order chi connectivity index (χ1) is 5.72. The number of rotatable bonds is 5. The monoisotopic (exact) mass is 170 g/mol. The molecule has 12 heavy (non-hydrogen) atoms. The van der Waals surface area contributed by atoms with Crippen molar-refractivity contribution in [2.45, 2.75) is 32.6 Å². The summed E-state index contributed by atoms with van der Waals surface area (Å²) in [5.74, 6) is 0.151. The van der Waals surface area contributed by atoms with E-state index in [0.29, 0.717) is 11.8 Å². The summed E-state index contributed by atoms with van der Waals surface area (Å²) in [6, 6.07) is 0. The third-order valence-electron chi connectivity index (χ3n) is 2.61. The van der Waals surface area contributed by atoms with Gasteiger partial charge in [-0.25, -0.2) is 0 Å². The first-order valence-corrected chi connectivity index (χ1v) is 4.69. The van der Waals surface area contributed by atoms with Gasteiger partial charge in [0, 0.05) is 13.0 Å². The molecule has 1 aliphatic carbocycles. The highest BCUT2D eigenvalue weighted by Gasteiger charge is 2.41. The molecule has 1 rings (SSSR count). The summed E-state index contributed by atoms with van der Waals surface area (Å²) in [6.07, 6.45) is 4.10. The van der Waals surface area contributed by atoms with Crippen molar-refractivity contribution in [1.29, 1.82) is 0 Å². The van der Waals surface area contributed by atoms with Gasteiger partial charge in [0.15, 0.2) is 0 Å². The summed E-state index contributed by atoms with van der Waals surface area (Å²) < 4.78 is 0. The van der Waals surface area contributed by atoms with Crippen molar-refractivity contribution >= 4 is 5.91 Å². The molecule has 0 saturated heterocycles. The van der Waals surface area contributed by atoms with Crippen LogP contribution in [-0.4, -0.2) is 19.0 Å². The molecule has 0 aliphatic heterocycles. The predicted octanol–water partition coefficient (Wildman–Crippen LogP) is 0.642. The van der Waals surface area contributed by atoms with Crippen LogP contribution in [0.3, 0.4) is 0 Å². The molecule has 0 aromatic heterocycles. The molecule has 0 heterocycles. The van der Waals surface area contributed by atoms with Crippen molar-refractivity contribution in [1.82, 2.24) is 5.32 Å². The number of hydrogen-bond acceptors (Lipinski definition) is 2. The normalized spacial score (nSPS) is 18.8. The van der Waals surface area contributed by atoms with Crippen molar-refractivity contribution in [2.75, 3.05) is 13.1 Å². The Hall–Kier alpha value is -0.570. The molecular formula is C9H18N2O. The van der Waals surface area contributed by atoms with Gasteiger partial charge >= 0.3 is 0 Å². The van der Waals surface area contributed by atoms with Gasteiger partial charge in [0.1, 0.15) is 0 Å². The molecule has 3 N–H and O–H groups in total. The highest BCUT2D eigenvalue weighted by atomic mass is 16.1. The Balaban J connectivity index is 2.17. The van der Waals surface area contributed by atoms with Crippen molar-refractivity contribution in [3.8, 4) is 0 Å². The summed E-state index contributed by atoms with van der Waals surface area (Å²) in [4.78, 5) is 10.9. The fourth-order valence-electron chi connectivity index (χ4n) is 1.41. The van der Waals surface area contributed by atoms with Crippen LogP contribution < -0.4 is 11.1 Å². The molecule has 1 amide bonds. The minimum atomic E-state index is 0.151. The fraction of sp³-hybridized carbons (Fsp3) is 0.889. The number of nitrogens with two attached hydrogens (primary N) is 1. The van der Waals surface area contributed by atoms with Gasteiger partial charge in [0.05, 0.1) is 0 Å². The van der Waals surface area contributed by atoms with E-state index in [-0.39, 0.29) is 5.91 Å². The lowest BCUT2D eigenvalue weighted by molar-refractivity contribution is -0.121. The van der Waals surface area contributed by atoms with Crippen LogP contribution in [0.25, 0.3) is 0 Å². The van der Waals surface area contributed by atoms with E-state index < -0.39 is 0 Å². The average Bonchev–Trinajstić information content (AvgIpc) is 2.82. The lowest BCUT2D eigenvalue weighted by Crippen LogP contribution is -2.30. The van der Waals surface area contributed by atoms with Crippen LogP contribution in [-0.2, 0) is 4.79 Å². The minimum Gasteiger partial charge on any atom is -0.356 e. The zero-order valence-electron chi connectivity index (χ0n) is 7.73. The van der Waals surface area contributed by atoms with Gasteiger partial charge in [-0.1, -0.05) is 6.92 Å². The molecule has 0 aromatic carbocycles. The first-order valence-electron chi connectivity index (χ1n) is 4.69. The molecule has 1 fully saturated rings. The van der Waals surface area contributed by atoms with Crippen molar-refractivity contribution < 1.29 is 4.79 Å². The van der Waals surface area contributed by atoms with Gasteiger partial charge in [-0.2, -0.15) is 0 Å². The molecule has 0 atom stereocenters. The Kier molecular flexibility index (Phi) is 3.09. The molecule has 3 heteroatoms. The predicted molar refractivity (Wildman–Crippen MR) is 48.6 cm³/mol. The third-order valence-corrected chi connectivity index (χ3v) is 2.61. The van der Waals surface area contributed by atoms with Crippen LogP contribution in [0.2, 0.25) is 0 Å². The minimum absolute atomic E-state index is 0.151. The Labute approximate surface area is 73.7 Å². The van der Waals surface area contributed by atoms with Crippen LogP contribution in [0.4, 0.5) is 0 Å². The highest BCUT2D eigenvalue weighted by Crippen LogP contribution is 2.47. The quantitative estimate of drug-likeness (QED) is 0.636. The summed E-state index contributed by atoms with van der Waals surface area (Å²) in [7, 11) is 0. The van der Waals surface area contributed by atoms with Gasteiger partial charge in [-0.3, -0.25) is 4.79 Å². The van der Waals surface area contributed by atoms with Crippen LogP contribution >= 0.6 is 0 Å². The summed E-state index contributed by atoms with van der Waals surface area (Å²) in [5.41, 5.74) is 5.86. The van der Waals surface area contributed by atoms with Crippen LogP contribution in [0.5, 0.6) is 0 Å². The summed E-state index contributed by atoms with van der Waals surface area (Å²) >= 11 is 0. The van der Waals surface area contributed by atoms with Crippen molar-refractivity contribution in [2.24, 2.45) is 11.1 Å². The molecule has 1 aliphatic rings. The van der Waals surface area contributed by atoms with E-state index in [2.05, 4.69) is 5.32 Å². The summed E-state index contributed by atoms with van der Waals surface area (Å²) in [5, 5.41) is 2.93. The smallest absolute Gasteiger partial charge is 0.219 e. The van der Waals surface area contributed by atoms with E-state index in [1.165, 1.54) is 12.8 Å². The van der Waals surface area contributed by atoms with Crippen LogP contribution in [0.1, 0.15) is 32.6 Å². The number of amides is 1. The zero-order chi connectivity index (χ0) is 9.03. The van der Waals surface area contributed by atoms with Gasteiger partial charge in [0.2, 0.25) is 5.91 Å². The summed E-state index contributed by atoms with van der Waals surface area (Å²) in [6.45, 7) is 3.44. The number of hydrogen-bond donors (Lipinski definition) is 2. The fourth-order valence-corrected chi connectivity index (χ4v) is 1.41. The van der Waals surface area contributed by atoms with E-state index in [4.69, 9.17) is 5.73 Å². The number of carbonyl (C=O) groups excluding carboxylic acids is 1. The largest absolute Gasteiger partial charge is 0.356 e. The maximum absolute atomic E-state index is 10.9. The van der Waals surface area contributed by atoms with E-state index >= 15 is 0 Å². The van der Waals surface area contributed by atoms with Gasteiger partial charge in [-0.15, -0.1) is 0 Å². The van der Waals surface area contributed by atoms with E-state index in [1.807, 2.05) is 6.92 Å². The molecular weight excluding hydrogens is 152 g/mol. The Morgan fingerprint density at radius 2 is 2.25 bits per heavy atom. The van der Waals surface area contributed by atoms with Crippen LogP contribution in [0.15, 0.2) is 0 Å². The SMILES string of the molecule is CCC(=O)NCC1(CCN)CC1. The molecule has 0 spiro atoms. The zero-order valence-corrected chi connectivity index (χ0v) is 7.73. The number of carbonyl (C=O) groups is 1. The maximum atomic E-state index is 10.9. The van der Waals surface area contributed by atoms with E-state index in [9.17, 15) is 4.79 Å². The molecule has 3 nitrogen and oxygen atoms in total. The second-order valence-electron chi connectivity index (χ2n) is 3.67. The highest BCUT2D eigenvalue weighted by molar-refractivity contribution is 5.75. The Morgan fingerprint density at radius 1 is 1.58 bits per heavy atom. The first kappa shape index (κ1) is 9.52.